The maximum absolute atomic E-state index is 13.3. The van der Waals surface area contributed by atoms with Crippen molar-refractivity contribution in [2.75, 3.05) is 18.1 Å². The number of urea groups is 1. The Hall–Kier alpha value is -3.70. The van der Waals surface area contributed by atoms with Gasteiger partial charge in [-0.05, 0) is 44.0 Å². The molecule has 6 nitrogen and oxygen atoms in total. The number of hydrogen-bond acceptors (Lipinski definition) is 4. The third-order valence-corrected chi connectivity index (χ3v) is 5.99. The highest BCUT2D eigenvalue weighted by Crippen LogP contribution is 2.39. The smallest absolute Gasteiger partial charge is 0.416 e. The molecule has 4 rings (SSSR count). The largest absolute Gasteiger partial charge is 0.491 e. The van der Waals surface area contributed by atoms with E-state index in [-0.39, 0.29) is 19.0 Å². The molecular weight excluding hydrogens is 492 g/mol. The average molecular weight is 513 g/mol. The highest BCUT2D eigenvalue weighted by molar-refractivity contribution is 5.94. The fourth-order valence-electron chi connectivity index (χ4n) is 4.20. The lowest BCUT2D eigenvalue weighted by molar-refractivity contribution is -0.143. The molecule has 1 aromatic heterocycles. The zero-order chi connectivity index (χ0) is 26.3. The Morgan fingerprint density at radius 2 is 1.64 bits per heavy atom. The summed E-state index contributed by atoms with van der Waals surface area (Å²) in [4.78, 5) is 14.6. The molecule has 1 fully saturated rings. The van der Waals surface area contributed by atoms with Crippen LogP contribution in [0.4, 0.5) is 36.8 Å². The fraction of sp³-hybridized carbons (Fsp3) is 0.333. The van der Waals surface area contributed by atoms with E-state index in [1.54, 1.807) is 44.2 Å². The minimum atomic E-state index is -5.01. The van der Waals surface area contributed by atoms with E-state index in [1.165, 1.54) is 4.90 Å². The van der Waals surface area contributed by atoms with E-state index >= 15 is 0 Å². The van der Waals surface area contributed by atoms with Crippen LogP contribution in [0.25, 0.3) is 0 Å². The molecule has 0 spiro atoms. The summed E-state index contributed by atoms with van der Waals surface area (Å²) in [5.41, 5.74) is -2.63. The van der Waals surface area contributed by atoms with E-state index in [2.05, 4.69) is 10.5 Å². The topological polar surface area (TPSA) is 67.6 Å². The van der Waals surface area contributed by atoms with E-state index in [1.807, 2.05) is 0 Å². The van der Waals surface area contributed by atoms with Crippen molar-refractivity contribution in [3.63, 3.8) is 0 Å². The number of nitrogens with zero attached hydrogens (tertiary/aromatic N) is 2. The van der Waals surface area contributed by atoms with Gasteiger partial charge in [0.2, 0.25) is 0 Å². The molecule has 1 aliphatic rings. The molecule has 36 heavy (non-hydrogen) atoms. The number of ether oxygens (including phenoxy) is 1. The van der Waals surface area contributed by atoms with Crippen molar-refractivity contribution in [1.82, 2.24) is 10.5 Å². The number of carbonyl (C=O) groups excluding carboxylic acids is 1. The monoisotopic (exact) mass is 513 g/mol. The van der Waals surface area contributed by atoms with Crippen LogP contribution >= 0.6 is 0 Å². The normalized spacial score (nSPS) is 18.8. The Kier molecular flexibility index (Phi) is 6.40. The van der Waals surface area contributed by atoms with Gasteiger partial charge >= 0.3 is 18.4 Å². The van der Waals surface area contributed by atoms with Gasteiger partial charge in [-0.25, -0.2) is 4.79 Å². The van der Waals surface area contributed by atoms with Gasteiger partial charge in [0, 0.05) is 6.54 Å². The van der Waals surface area contributed by atoms with Crippen molar-refractivity contribution >= 4 is 11.7 Å². The molecule has 1 aliphatic heterocycles. The number of halogens is 6. The van der Waals surface area contributed by atoms with Crippen LogP contribution in [0.2, 0.25) is 0 Å². The quantitative estimate of drug-likeness (QED) is 0.411. The molecule has 1 unspecified atom stereocenters. The highest BCUT2D eigenvalue weighted by Gasteiger charge is 2.43. The number of rotatable bonds is 5. The molecule has 192 valence electrons. The molecule has 12 heteroatoms. The molecule has 1 saturated heterocycles. The third-order valence-electron chi connectivity index (χ3n) is 5.99. The lowest BCUT2D eigenvalue weighted by atomic mass is 9.85. The molecule has 2 heterocycles. The van der Waals surface area contributed by atoms with Crippen LogP contribution < -0.4 is 15.0 Å². The van der Waals surface area contributed by atoms with Gasteiger partial charge in [-0.15, -0.1) is 0 Å². The zero-order valence-electron chi connectivity index (χ0n) is 19.1. The Bertz CT molecular complexity index is 1200. The number of alkyl halides is 6. The Morgan fingerprint density at radius 1 is 1.03 bits per heavy atom. The summed E-state index contributed by atoms with van der Waals surface area (Å²) >= 11 is 0. The van der Waals surface area contributed by atoms with Crippen LogP contribution in [0.1, 0.15) is 34.6 Å². The van der Waals surface area contributed by atoms with Gasteiger partial charge in [-0.1, -0.05) is 35.5 Å². The second-order valence-electron chi connectivity index (χ2n) is 8.48. The van der Waals surface area contributed by atoms with Crippen LogP contribution in [0, 0.1) is 13.8 Å². The van der Waals surface area contributed by atoms with Crippen molar-refractivity contribution in [2.24, 2.45) is 0 Å². The predicted octanol–water partition coefficient (Wildman–Crippen LogP) is 6.22. The maximum Gasteiger partial charge on any atom is 0.416 e. The Labute approximate surface area is 201 Å². The third kappa shape index (κ3) is 4.98. The summed E-state index contributed by atoms with van der Waals surface area (Å²) in [6.45, 7) is 3.09. The fourth-order valence-corrected chi connectivity index (χ4v) is 4.20. The van der Waals surface area contributed by atoms with Crippen molar-refractivity contribution in [2.45, 2.75) is 38.2 Å². The molecular formula is C24H21F6N3O3. The van der Waals surface area contributed by atoms with Crippen LogP contribution in [0.3, 0.4) is 0 Å². The summed E-state index contributed by atoms with van der Waals surface area (Å²) in [7, 11) is 0. The zero-order valence-corrected chi connectivity index (χ0v) is 19.1. The van der Waals surface area contributed by atoms with E-state index in [0.29, 0.717) is 34.8 Å². The average Bonchev–Trinajstić information content (AvgIpc) is 3.15. The van der Waals surface area contributed by atoms with E-state index in [9.17, 15) is 31.1 Å². The van der Waals surface area contributed by atoms with Gasteiger partial charge in [0.25, 0.3) is 0 Å². The molecule has 3 aromatic rings. The minimum Gasteiger partial charge on any atom is -0.491 e. The second kappa shape index (κ2) is 9.07. The van der Waals surface area contributed by atoms with Gasteiger partial charge in [-0.3, -0.25) is 4.90 Å². The van der Waals surface area contributed by atoms with E-state index < -0.39 is 47.4 Å². The van der Waals surface area contributed by atoms with Crippen LogP contribution in [0.15, 0.2) is 53.1 Å². The second-order valence-corrected chi connectivity index (χ2v) is 8.48. The van der Waals surface area contributed by atoms with Gasteiger partial charge in [0.15, 0.2) is 5.76 Å². The predicted molar refractivity (Wildman–Crippen MR) is 117 cm³/mol. The Balaban J connectivity index is 1.67. The molecule has 0 saturated carbocycles. The summed E-state index contributed by atoms with van der Waals surface area (Å²) in [6.07, 6.45) is -9.79. The van der Waals surface area contributed by atoms with Crippen molar-refractivity contribution < 1.29 is 40.4 Å². The lowest BCUT2D eigenvalue weighted by Crippen LogP contribution is -2.60. The standard InChI is InChI=1S/C24H21F6N3O3/c1-14-20(15(2)36-32-14)33-9-8-22(31-21(33)34,16-6-4-3-5-7-16)13-35-19-11-17(23(25,26)27)10-18(12-19)24(28,29)30/h3-7,10-12H,8-9,13H2,1-2H3,(H,31,34). The van der Waals surface area contributed by atoms with Gasteiger partial charge in [-0.2, -0.15) is 26.3 Å². The number of aromatic nitrogens is 1. The Morgan fingerprint density at radius 3 is 2.14 bits per heavy atom. The minimum absolute atomic E-state index is 0.0314. The lowest BCUT2D eigenvalue weighted by Gasteiger charge is -2.42. The first kappa shape index (κ1) is 25.4. The van der Waals surface area contributed by atoms with Gasteiger partial charge in [0.1, 0.15) is 29.3 Å². The highest BCUT2D eigenvalue weighted by atomic mass is 19.4. The van der Waals surface area contributed by atoms with E-state index in [0.717, 1.165) is 0 Å². The summed E-state index contributed by atoms with van der Waals surface area (Å²) < 4.78 is 90.3. The number of nitrogens with one attached hydrogen (secondary N) is 1. The molecule has 0 radical (unpaired) electrons. The first-order chi connectivity index (χ1) is 16.8. The SMILES string of the molecule is Cc1noc(C)c1N1CCC(COc2cc(C(F)(F)F)cc(C(F)(F)F)c2)(c2ccccc2)NC1=O. The van der Waals surface area contributed by atoms with Gasteiger partial charge < -0.3 is 14.6 Å². The number of anilines is 1. The maximum atomic E-state index is 13.3. The van der Waals surface area contributed by atoms with Crippen LogP contribution in [-0.4, -0.2) is 24.3 Å². The van der Waals surface area contributed by atoms with Crippen LogP contribution in [0.5, 0.6) is 5.75 Å². The summed E-state index contributed by atoms with van der Waals surface area (Å²) in [5, 5.41) is 6.69. The molecule has 1 N–H and O–H groups in total. The summed E-state index contributed by atoms with van der Waals surface area (Å²) in [6, 6.07) is 9.05. The molecule has 1 atom stereocenters. The number of amides is 2. The van der Waals surface area contributed by atoms with Crippen molar-refractivity contribution in [3.8, 4) is 5.75 Å². The first-order valence-corrected chi connectivity index (χ1v) is 10.8. The summed E-state index contributed by atoms with van der Waals surface area (Å²) in [5.74, 6) is -0.190. The first-order valence-electron chi connectivity index (χ1n) is 10.8. The number of hydrogen-bond donors (Lipinski definition) is 1. The number of aryl methyl sites for hydroxylation is 2. The van der Waals surface area contributed by atoms with Gasteiger partial charge in [0.05, 0.1) is 11.1 Å². The van der Waals surface area contributed by atoms with Crippen molar-refractivity contribution in [3.05, 3.63) is 76.7 Å². The molecule has 0 bridgehead atoms. The number of carbonyl (C=O) groups is 1. The van der Waals surface area contributed by atoms with Crippen LogP contribution in [-0.2, 0) is 17.9 Å². The molecule has 0 aliphatic carbocycles. The van der Waals surface area contributed by atoms with E-state index in [4.69, 9.17) is 9.26 Å². The van der Waals surface area contributed by atoms with Crippen molar-refractivity contribution in [1.29, 1.82) is 0 Å². The molecule has 2 amide bonds. The molecule has 2 aromatic carbocycles. The number of benzene rings is 2.